The van der Waals surface area contributed by atoms with Gasteiger partial charge in [0.05, 0.1) is 5.69 Å². The molecule has 0 spiro atoms. The highest BCUT2D eigenvalue weighted by atomic mass is 16.5. The van der Waals surface area contributed by atoms with Crippen molar-refractivity contribution in [1.82, 2.24) is 15.3 Å². The largest absolute Gasteiger partial charge is 0.370 e. The zero-order chi connectivity index (χ0) is 15.3. The molecule has 0 radical (unpaired) electrons. The fourth-order valence-corrected chi connectivity index (χ4v) is 1.98. The second kappa shape index (κ2) is 7.14. The monoisotopic (exact) mass is 279 g/mol. The van der Waals surface area contributed by atoms with E-state index in [0.29, 0.717) is 12.5 Å². The number of hydrogen-bond donors (Lipinski definition) is 1. The Hall–Kier alpha value is -1.00. The molecule has 0 amide bonds. The fourth-order valence-electron chi connectivity index (χ4n) is 1.98. The molecule has 114 valence electrons. The van der Waals surface area contributed by atoms with E-state index in [1.54, 1.807) is 0 Å². The molecule has 1 unspecified atom stereocenters. The Morgan fingerprint density at radius 3 is 2.40 bits per heavy atom. The van der Waals surface area contributed by atoms with Crippen LogP contribution in [0.3, 0.4) is 0 Å². The van der Waals surface area contributed by atoms with Crippen LogP contribution in [0, 0.1) is 12.8 Å². The van der Waals surface area contributed by atoms with Gasteiger partial charge in [-0.25, -0.2) is 9.97 Å². The Balaban J connectivity index is 2.95. The fraction of sp³-hybridized carbons (Fsp3) is 0.750. The lowest BCUT2D eigenvalue weighted by Crippen LogP contribution is -2.35. The Morgan fingerprint density at radius 1 is 1.25 bits per heavy atom. The van der Waals surface area contributed by atoms with Crippen LogP contribution >= 0.6 is 0 Å². The van der Waals surface area contributed by atoms with E-state index >= 15 is 0 Å². The summed E-state index contributed by atoms with van der Waals surface area (Å²) in [7, 11) is 0. The van der Waals surface area contributed by atoms with Gasteiger partial charge in [0.25, 0.3) is 0 Å². The quantitative estimate of drug-likeness (QED) is 0.867. The molecular weight excluding hydrogens is 250 g/mol. The highest BCUT2D eigenvalue weighted by Gasteiger charge is 2.20. The van der Waals surface area contributed by atoms with Crippen molar-refractivity contribution in [3.05, 3.63) is 23.3 Å². The first kappa shape index (κ1) is 17.1. The van der Waals surface area contributed by atoms with Gasteiger partial charge in [-0.15, -0.1) is 0 Å². The van der Waals surface area contributed by atoms with Crippen LogP contribution in [-0.4, -0.2) is 22.1 Å². The van der Waals surface area contributed by atoms with Gasteiger partial charge >= 0.3 is 0 Å². The van der Waals surface area contributed by atoms with Gasteiger partial charge in [-0.05, 0) is 46.6 Å². The smallest absolute Gasteiger partial charge is 0.157 e. The molecule has 0 aliphatic carbocycles. The molecule has 1 aromatic rings. The number of ether oxygens (including phenoxy) is 1. The van der Waals surface area contributed by atoms with Gasteiger partial charge in [0.2, 0.25) is 0 Å². The molecule has 20 heavy (non-hydrogen) atoms. The predicted octanol–water partition coefficient (Wildman–Crippen LogP) is 3.41. The number of aromatic nitrogens is 2. The Morgan fingerprint density at radius 2 is 1.90 bits per heavy atom. The molecule has 1 N–H and O–H groups in total. The Kier molecular flexibility index (Phi) is 6.08. The summed E-state index contributed by atoms with van der Waals surface area (Å²) in [5.74, 6) is 1.16. The van der Waals surface area contributed by atoms with E-state index in [2.05, 4.69) is 49.9 Å². The molecule has 0 saturated carbocycles. The van der Waals surface area contributed by atoms with Crippen LogP contribution in [-0.2, 0) is 11.3 Å². The molecule has 0 saturated heterocycles. The summed E-state index contributed by atoms with van der Waals surface area (Å²) in [5, 5.41) is 3.46. The Bertz CT molecular complexity index is 424. The summed E-state index contributed by atoms with van der Waals surface area (Å²) >= 11 is 0. The lowest BCUT2D eigenvalue weighted by Gasteiger charge is -2.22. The van der Waals surface area contributed by atoms with Gasteiger partial charge < -0.3 is 10.1 Å². The van der Waals surface area contributed by atoms with Crippen LogP contribution in [0.2, 0.25) is 0 Å². The van der Waals surface area contributed by atoms with Crippen molar-refractivity contribution in [2.24, 2.45) is 5.92 Å². The lowest BCUT2D eigenvalue weighted by atomic mass is 10.1. The van der Waals surface area contributed by atoms with E-state index in [4.69, 9.17) is 4.74 Å². The van der Waals surface area contributed by atoms with E-state index in [0.717, 1.165) is 23.8 Å². The lowest BCUT2D eigenvalue weighted by molar-refractivity contribution is 0.0229. The van der Waals surface area contributed by atoms with Crippen LogP contribution < -0.4 is 5.32 Å². The zero-order valence-electron chi connectivity index (χ0n) is 13.9. The number of hydrogen-bond acceptors (Lipinski definition) is 4. The summed E-state index contributed by atoms with van der Waals surface area (Å²) < 4.78 is 5.80. The maximum atomic E-state index is 5.80. The first-order chi connectivity index (χ1) is 9.23. The highest BCUT2D eigenvalue weighted by molar-refractivity contribution is 5.12. The molecule has 1 rings (SSSR count). The number of nitrogens with one attached hydrogen (secondary N) is 1. The van der Waals surface area contributed by atoms with Crippen LogP contribution in [0.15, 0.2) is 6.07 Å². The summed E-state index contributed by atoms with van der Waals surface area (Å²) in [6.45, 7) is 16.2. The number of rotatable bonds is 6. The van der Waals surface area contributed by atoms with Crippen molar-refractivity contribution >= 4 is 0 Å². The third-order valence-corrected chi connectivity index (χ3v) is 2.93. The number of nitrogens with zero attached hydrogens (tertiary/aromatic N) is 2. The van der Waals surface area contributed by atoms with E-state index in [1.165, 1.54) is 0 Å². The normalized spacial score (nSPS) is 13.8. The summed E-state index contributed by atoms with van der Waals surface area (Å²) in [4.78, 5) is 9.23. The minimum atomic E-state index is -0.0340. The van der Waals surface area contributed by atoms with Gasteiger partial charge in [-0.2, -0.15) is 0 Å². The summed E-state index contributed by atoms with van der Waals surface area (Å²) in [6, 6.07) is 2.03. The van der Waals surface area contributed by atoms with Crippen molar-refractivity contribution in [3.63, 3.8) is 0 Å². The SMILES string of the molecule is CCOC(c1nc(C)cc(CNC(C)(C)C)n1)C(C)C. The Labute approximate surface area is 123 Å². The molecule has 1 heterocycles. The minimum absolute atomic E-state index is 0.0340. The van der Waals surface area contributed by atoms with Crippen molar-refractivity contribution in [2.75, 3.05) is 6.61 Å². The standard InChI is InChI=1S/C16H29N3O/c1-8-20-14(11(2)3)15-18-12(4)9-13(19-15)10-17-16(5,6)7/h9,11,14,17H,8,10H2,1-7H3. The van der Waals surface area contributed by atoms with Crippen LogP contribution in [0.5, 0.6) is 0 Å². The highest BCUT2D eigenvalue weighted by Crippen LogP contribution is 2.23. The van der Waals surface area contributed by atoms with Gasteiger partial charge in [0.15, 0.2) is 5.82 Å². The molecule has 0 aliphatic rings. The molecule has 1 atom stereocenters. The maximum Gasteiger partial charge on any atom is 0.157 e. The average Bonchev–Trinajstić information content (AvgIpc) is 2.31. The molecule has 4 heteroatoms. The van der Waals surface area contributed by atoms with E-state index < -0.39 is 0 Å². The van der Waals surface area contributed by atoms with Crippen LogP contribution in [0.25, 0.3) is 0 Å². The maximum absolute atomic E-state index is 5.80. The average molecular weight is 279 g/mol. The van der Waals surface area contributed by atoms with Crippen LogP contribution in [0.4, 0.5) is 0 Å². The zero-order valence-corrected chi connectivity index (χ0v) is 13.9. The van der Waals surface area contributed by atoms with Gasteiger partial charge in [0.1, 0.15) is 6.10 Å². The van der Waals surface area contributed by atoms with Gasteiger partial charge in [0, 0.05) is 24.4 Å². The van der Waals surface area contributed by atoms with E-state index in [-0.39, 0.29) is 11.6 Å². The molecule has 0 bridgehead atoms. The second-order valence-electron chi connectivity index (χ2n) is 6.58. The number of aryl methyl sites for hydroxylation is 1. The van der Waals surface area contributed by atoms with Crippen molar-refractivity contribution in [2.45, 2.75) is 66.7 Å². The molecule has 4 nitrogen and oxygen atoms in total. The van der Waals surface area contributed by atoms with E-state index in [9.17, 15) is 0 Å². The summed E-state index contributed by atoms with van der Waals surface area (Å²) in [5.41, 5.74) is 2.09. The molecule has 1 aromatic heterocycles. The molecular formula is C16H29N3O. The van der Waals surface area contributed by atoms with Crippen LogP contribution in [0.1, 0.15) is 64.9 Å². The minimum Gasteiger partial charge on any atom is -0.370 e. The van der Waals surface area contributed by atoms with Crippen molar-refractivity contribution in [1.29, 1.82) is 0 Å². The third-order valence-electron chi connectivity index (χ3n) is 2.93. The first-order valence-electron chi connectivity index (χ1n) is 7.44. The van der Waals surface area contributed by atoms with Crippen molar-refractivity contribution in [3.8, 4) is 0 Å². The molecule has 0 aromatic carbocycles. The van der Waals surface area contributed by atoms with Gasteiger partial charge in [-0.1, -0.05) is 13.8 Å². The topological polar surface area (TPSA) is 47.0 Å². The molecule has 0 aliphatic heterocycles. The van der Waals surface area contributed by atoms with Crippen molar-refractivity contribution < 1.29 is 4.74 Å². The molecule has 0 fully saturated rings. The summed E-state index contributed by atoms with van der Waals surface area (Å²) in [6.07, 6.45) is -0.0340. The van der Waals surface area contributed by atoms with Gasteiger partial charge in [-0.3, -0.25) is 0 Å². The third kappa shape index (κ3) is 5.55. The van der Waals surface area contributed by atoms with E-state index in [1.807, 2.05) is 19.9 Å². The second-order valence-corrected chi connectivity index (χ2v) is 6.58. The first-order valence-corrected chi connectivity index (χ1v) is 7.44. The predicted molar refractivity (Wildman–Crippen MR) is 82.6 cm³/mol.